The molecule has 1 atom stereocenters. The van der Waals surface area contributed by atoms with E-state index in [4.69, 9.17) is 16.2 Å². The highest BCUT2D eigenvalue weighted by molar-refractivity contribution is 5.83. The number of ether oxygens (including phenoxy) is 1. The average molecular weight is 267 g/mol. The van der Waals surface area contributed by atoms with Crippen LogP contribution in [0.3, 0.4) is 0 Å². The first-order valence-corrected chi connectivity index (χ1v) is 5.70. The van der Waals surface area contributed by atoms with Crippen LogP contribution in [0.25, 0.3) is 0 Å². The summed E-state index contributed by atoms with van der Waals surface area (Å²) in [6.45, 7) is 3.36. The maximum absolute atomic E-state index is 11.0. The Labute approximate surface area is 110 Å². The molecular weight excluding hydrogens is 250 g/mol. The molecule has 1 unspecified atom stereocenters. The maximum atomic E-state index is 11.0. The molecule has 0 saturated carbocycles. The van der Waals surface area contributed by atoms with Gasteiger partial charge in [-0.15, -0.1) is 0 Å². The van der Waals surface area contributed by atoms with Crippen molar-refractivity contribution in [2.24, 2.45) is 11.5 Å². The number of aryl methyl sites for hydroxylation is 1. The van der Waals surface area contributed by atoms with Crippen molar-refractivity contribution in [1.82, 2.24) is 0 Å². The number of rotatable bonds is 6. The number of primary amides is 1. The highest BCUT2D eigenvalue weighted by atomic mass is 16.6. The number of carbonyl (C=O) groups excluding carboxylic acids is 1. The van der Waals surface area contributed by atoms with Crippen LogP contribution < -0.4 is 16.2 Å². The molecule has 1 rings (SSSR count). The van der Waals surface area contributed by atoms with Crippen molar-refractivity contribution in [2.45, 2.75) is 25.8 Å². The number of nitro groups is 1. The van der Waals surface area contributed by atoms with Gasteiger partial charge in [-0.2, -0.15) is 0 Å². The molecule has 0 aliphatic carbocycles. The van der Waals surface area contributed by atoms with Gasteiger partial charge in [0, 0.05) is 18.1 Å². The number of nitrogens with two attached hydrogens (primary N) is 2. The quantitative estimate of drug-likeness (QED) is 0.585. The SMILES string of the molecule is Cc1cc(OCCC(C)(N)C(N)=O)ccc1[N+](=O)[O-]. The van der Waals surface area contributed by atoms with Gasteiger partial charge < -0.3 is 16.2 Å². The molecule has 0 fully saturated rings. The van der Waals surface area contributed by atoms with Gasteiger partial charge in [0.2, 0.25) is 5.91 Å². The van der Waals surface area contributed by atoms with Crippen molar-refractivity contribution in [2.75, 3.05) is 6.61 Å². The van der Waals surface area contributed by atoms with E-state index < -0.39 is 16.4 Å². The number of carbonyl (C=O) groups is 1. The third-order valence-corrected chi connectivity index (χ3v) is 2.82. The highest BCUT2D eigenvalue weighted by Gasteiger charge is 2.25. The fraction of sp³-hybridized carbons (Fsp3) is 0.417. The molecule has 1 aromatic carbocycles. The van der Waals surface area contributed by atoms with E-state index in [-0.39, 0.29) is 18.7 Å². The summed E-state index contributed by atoms with van der Waals surface area (Å²) < 4.78 is 5.40. The molecule has 0 aliphatic heterocycles. The first kappa shape index (κ1) is 14.9. The minimum absolute atomic E-state index is 0.0353. The Kier molecular flexibility index (Phi) is 4.44. The fourth-order valence-corrected chi connectivity index (χ4v) is 1.43. The predicted molar refractivity (Wildman–Crippen MR) is 69.7 cm³/mol. The molecule has 1 aromatic rings. The summed E-state index contributed by atoms with van der Waals surface area (Å²) in [5, 5.41) is 10.7. The summed E-state index contributed by atoms with van der Waals surface area (Å²) in [7, 11) is 0. The summed E-state index contributed by atoms with van der Waals surface area (Å²) in [6, 6.07) is 4.44. The molecule has 1 amide bonds. The van der Waals surface area contributed by atoms with E-state index in [1.54, 1.807) is 13.0 Å². The van der Waals surface area contributed by atoms with E-state index >= 15 is 0 Å². The Balaban J connectivity index is 2.63. The first-order chi connectivity index (χ1) is 8.74. The van der Waals surface area contributed by atoms with Gasteiger partial charge in [0.1, 0.15) is 5.75 Å². The number of benzene rings is 1. The van der Waals surface area contributed by atoms with Crippen molar-refractivity contribution in [3.05, 3.63) is 33.9 Å². The van der Waals surface area contributed by atoms with Gasteiger partial charge >= 0.3 is 0 Å². The fourth-order valence-electron chi connectivity index (χ4n) is 1.43. The zero-order valence-corrected chi connectivity index (χ0v) is 10.9. The lowest BCUT2D eigenvalue weighted by Gasteiger charge is -2.20. The standard InChI is InChI=1S/C12H17N3O4/c1-8-7-9(3-4-10(8)15(17)18)19-6-5-12(2,14)11(13)16/h3-4,7H,5-6,14H2,1-2H3,(H2,13,16). The topological polar surface area (TPSA) is 121 Å². The van der Waals surface area contributed by atoms with Gasteiger partial charge in [-0.1, -0.05) is 0 Å². The Hall–Kier alpha value is -2.15. The molecule has 0 spiro atoms. The van der Waals surface area contributed by atoms with Crippen LogP contribution in [0.5, 0.6) is 5.75 Å². The summed E-state index contributed by atoms with van der Waals surface area (Å²) in [4.78, 5) is 21.2. The second kappa shape index (κ2) is 5.66. The molecule has 0 aromatic heterocycles. The predicted octanol–water partition coefficient (Wildman–Crippen LogP) is 0.875. The third-order valence-electron chi connectivity index (χ3n) is 2.82. The van der Waals surface area contributed by atoms with Crippen molar-refractivity contribution >= 4 is 11.6 Å². The molecule has 7 nitrogen and oxygen atoms in total. The summed E-state index contributed by atoms with van der Waals surface area (Å²) in [6.07, 6.45) is 0.262. The van der Waals surface area contributed by atoms with Crippen LogP contribution in [0, 0.1) is 17.0 Å². The van der Waals surface area contributed by atoms with Crippen molar-refractivity contribution in [1.29, 1.82) is 0 Å². The molecule has 19 heavy (non-hydrogen) atoms. The van der Waals surface area contributed by atoms with Crippen molar-refractivity contribution in [3.63, 3.8) is 0 Å². The minimum Gasteiger partial charge on any atom is -0.493 e. The average Bonchev–Trinajstić information content (AvgIpc) is 2.28. The van der Waals surface area contributed by atoms with Crippen molar-refractivity contribution in [3.8, 4) is 5.75 Å². The van der Waals surface area contributed by atoms with Crippen LogP contribution >= 0.6 is 0 Å². The van der Waals surface area contributed by atoms with Crippen molar-refractivity contribution < 1.29 is 14.5 Å². The minimum atomic E-state index is -1.13. The Morgan fingerprint density at radius 2 is 2.16 bits per heavy atom. The Morgan fingerprint density at radius 3 is 2.63 bits per heavy atom. The lowest BCUT2D eigenvalue weighted by Crippen LogP contribution is -2.50. The van der Waals surface area contributed by atoms with E-state index in [1.165, 1.54) is 19.1 Å². The van der Waals surface area contributed by atoms with Crippen LogP contribution in [0.15, 0.2) is 18.2 Å². The Morgan fingerprint density at radius 1 is 1.53 bits per heavy atom. The zero-order chi connectivity index (χ0) is 14.6. The number of nitrogens with zero attached hydrogens (tertiary/aromatic N) is 1. The van der Waals surface area contributed by atoms with Crippen LogP contribution in [-0.2, 0) is 4.79 Å². The van der Waals surface area contributed by atoms with Gasteiger partial charge in [-0.3, -0.25) is 14.9 Å². The van der Waals surface area contributed by atoms with Gasteiger partial charge in [0.15, 0.2) is 0 Å². The van der Waals surface area contributed by atoms with Crippen LogP contribution in [0.4, 0.5) is 5.69 Å². The molecular formula is C12H17N3O4. The molecule has 0 radical (unpaired) electrons. The largest absolute Gasteiger partial charge is 0.493 e. The van der Waals surface area contributed by atoms with Crippen LogP contribution in [0.1, 0.15) is 18.9 Å². The second-order valence-corrected chi connectivity index (χ2v) is 4.59. The molecule has 4 N–H and O–H groups in total. The molecule has 0 bridgehead atoms. The van der Waals surface area contributed by atoms with E-state index in [0.717, 1.165) is 0 Å². The van der Waals surface area contributed by atoms with E-state index in [0.29, 0.717) is 11.3 Å². The van der Waals surface area contributed by atoms with Gasteiger partial charge in [-0.25, -0.2) is 0 Å². The highest BCUT2D eigenvalue weighted by Crippen LogP contribution is 2.23. The Bertz CT molecular complexity index is 500. The van der Waals surface area contributed by atoms with Crippen LogP contribution in [0.2, 0.25) is 0 Å². The lowest BCUT2D eigenvalue weighted by atomic mass is 9.99. The summed E-state index contributed by atoms with van der Waals surface area (Å²) in [5.74, 6) is -0.112. The van der Waals surface area contributed by atoms with E-state index in [2.05, 4.69) is 0 Å². The van der Waals surface area contributed by atoms with Crippen LogP contribution in [-0.4, -0.2) is 23.0 Å². The number of hydrogen-bond acceptors (Lipinski definition) is 5. The normalized spacial score (nSPS) is 13.6. The van der Waals surface area contributed by atoms with Gasteiger partial charge in [0.05, 0.1) is 17.1 Å². The first-order valence-electron chi connectivity index (χ1n) is 5.70. The van der Waals surface area contributed by atoms with Gasteiger partial charge in [-0.05, 0) is 26.0 Å². The summed E-state index contributed by atoms with van der Waals surface area (Å²) in [5.41, 5.74) is 10.2. The number of nitro benzene ring substituents is 1. The molecule has 0 heterocycles. The molecule has 104 valence electrons. The summed E-state index contributed by atoms with van der Waals surface area (Å²) >= 11 is 0. The molecule has 0 aliphatic rings. The van der Waals surface area contributed by atoms with E-state index in [1.807, 2.05) is 0 Å². The molecule has 0 saturated heterocycles. The maximum Gasteiger partial charge on any atom is 0.272 e. The number of hydrogen-bond donors (Lipinski definition) is 2. The van der Waals surface area contributed by atoms with Gasteiger partial charge in [0.25, 0.3) is 5.69 Å². The monoisotopic (exact) mass is 267 g/mol. The second-order valence-electron chi connectivity index (χ2n) is 4.59. The number of amides is 1. The van der Waals surface area contributed by atoms with E-state index in [9.17, 15) is 14.9 Å². The third kappa shape index (κ3) is 3.92. The lowest BCUT2D eigenvalue weighted by molar-refractivity contribution is -0.385. The zero-order valence-electron chi connectivity index (χ0n) is 10.9. The smallest absolute Gasteiger partial charge is 0.272 e. The molecule has 7 heteroatoms.